The highest BCUT2D eigenvalue weighted by Gasteiger charge is 2.34. The van der Waals surface area contributed by atoms with Crippen molar-refractivity contribution in [2.45, 2.75) is 38.1 Å². The van der Waals surface area contributed by atoms with Crippen molar-refractivity contribution in [3.63, 3.8) is 0 Å². The van der Waals surface area contributed by atoms with Gasteiger partial charge in [0.15, 0.2) is 0 Å². The largest absolute Gasteiger partial charge is 0.507 e. The van der Waals surface area contributed by atoms with Crippen LogP contribution in [0.5, 0.6) is 5.75 Å². The lowest BCUT2D eigenvalue weighted by Gasteiger charge is -2.34. The Hall–Kier alpha value is -3.36. The van der Waals surface area contributed by atoms with Crippen molar-refractivity contribution in [1.29, 1.82) is 0 Å². The molecule has 1 saturated heterocycles. The molecule has 6 rings (SSSR count). The van der Waals surface area contributed by atoms with Crippen LogP contribution in [0.25, 0.3) is 11.8 Å². The highest BCUT2D eigenvalue weighted by molar-refractivity contribution is 5.87. The fourth-order valence-electron chi connectivity index (χ4n) is 5.44. The predicted molar refractivity (Wildman–Crippen MR) is 128 cm³/mol. The molecule has 8 nitrogen and oxygen atoms in total. The number of para-hydroxylation sites is 1. The maximum absolute atomic E-state index is 10.3. The number of aromatic amines is 1. The number of phenols is 1. The molecule has 1 aromatic carbocycles. The number of nitrogens with two attached hydrogens (primary N) is 1. The van der Waals surface area contributed by atoms with E-state index in [-0.39, 0.29) is 11.8 Å². The van der Waals surface area contributed by atoms with Crippen LogP contribution in [0.3, 0.4) is 0 Å². The summed E-state index contributed by atoms with van der Waals surface area (Å²) in [6, 6.07) is 7.57. The number of hydrogen-bond acceptors (Lipinski definition) is 6. The van der Waals surface area contributed by atoms with Crippen molar-refractivity contribution in [3.05, 3.63) is 64.6 Å². The second kappa shape index (κ2) is 8.20. The number of nitrogens with zero attached hydrogens (tertiary/aromatic N) is 3. The van der Waals surface area contributed by atoms with E-state index >= 15 is 0 Å². The highest BCUT2D eigenvalue weighted by Crippen LogP contribution is 2.39. The number of quaternary nitrogens is 1. The minimum atomic E-state index is 0.145. The Morgan fingerprint density at radius 3 is 2.70 bits per heavy atom. The molecule has 0 saturated carbocycles. The van der Waals surface area contributed by atoms with Crippen molar-refractivity contribution in [2.24, 2.45) is 0 Å². The number of phenolic OH excluding ortho intramolecular Hbond substituents is 1. The van der Waals surface area contributed by atoms with Crippen LogP contribution in [-0.2, 0) is 6.42 Å². The molecular weight excluding hydrogens is 414 g/mol. The summed E-state index contributed by atoms with van der Waals surface area (Å²) in [6.45, 7) is 5.24. The minimum Gasteiger partial charge on any atom is -0.507 e. The Labute approximate surface area is 193 Å². The van der Waals surface area contributed by atoms with Crippen molar-refractivity contribution in [1.82, 2.24) is 25.7 Å². The van der Waals surface area contributed by atoms with E-state index < -0.39 is 0 Å². The normalized spacial score (nSPS) is 20.6. The highest BCUT2D eigenvalue weighted by atomic mass is 16.3. The monoisotopic (exact) mass is 444 g/mol. The number of H-pyrrole nitrogens is 1. The summed E-state index contributed by atoms with van der Waals surface area (Å²) >= 11 is 0. The van der Waals surface area contributed by atoms with E-state index in [0.717, 1.165) is 61.9 Å². The van der Waals surface area contributed by atoms with Crippen LogP contribution in [0, 0.1) is 0 Å². The van der Waals surface area contributed by atoms with Gasteiger partial charge in [-0.25, -0.2) is 15.4 Å². The van der Waals surface area contributed by atoms with Crippen molar-refractivity contribution < 1.29 is 10.5 Å². The Morgan fingerprint density at radius 1 is 1.12 bits per heavy atom. The Kier molecular flexibility index (Phi) is 5.04. The van der Waals surface area contributed by atoms with Gasteiger partial charge in [-0.05, 0) is 62.5 Å². The summed E-state index contributed by atoms with van der Waals surface area (Å²) in [5, 5.41) is 13.8. The minimum absolute atomic E-state index is 0.145. The lowest BCUT2D eigenvalue weighted by Crippen LogP contribution is -2.88. The number of fused-ring (bicyclic) bond motifs is 3. The van der Waals surface area contributed by atoms with Gasteiger partial charge >= 0.3 is 0 Å². The maximum atomic E-state index is 10.3. The fraction of sp³-hybridized carbons (Fsp3) is 0.360. The van der Waals surface area contributed by atoms with E-state index in [2.05, 4.69) is 33.6 Å². The Balaban J connectivity index is 1.30. The molecule has 8 heteroatoms. The van der Waals surface area contributed by atoms with E-state index in [4.69, 9.17) is 9.97 Å². The van der Waals surface area contributed by atoms with Crippen LogP contribution in [0.1, 0.15) is 59.7 Å². The van der Waals surface area contributed by atoms with Crippen LogP contribution < -0.4 is 21.1 Å². The van der Waals surface area contributed by atoms with Crippen LogP contribution in [0.2, 0.25) is 0 Å². The van der Waals surface area contributed by atoms with E-state index in [1.807, 2.05) is 36.0 Å². The average Bonchev–Trinajstić information content (AvgIpc) is 3.24. The number of benzene rings is 1. The first-order valence-corrected chi connectivity index (χ1v) is 11.8. The molecule has 1 fully saturated rings. The molecule has 3 aliphatic heterocycles. The lowest BCUT2D eigenvalue weighted by molar-refractivity contribution is -0.623. The lowest BCUT2D eigenvalue weighted by atomic mass is 9.92. The SMILES string of the molecule is C[C@@H]1c2c([nH]c3c2C=C(c2ccccc2O)N[NH2+]3)CCN1c1ncc(C2CCNCC2)cn1. The summed E-state index contributed by atoms with van der Waals surface area (Å²) in [5.41, 5.74) is 12.0. The van der Waals surface area contributed by atoms with Gasteiger partial charge in [-0.15, -0.1) is 0 Å². The molecule has 0 unspecified atom stereocenters. The first-order valence-electron chi connectivity index (χ1n) is 11.8. The molecule has 0 radical (unpaired) electrons. The summed E-state index contributed by atoms with van der Waals surface area (Å²) in [6.07, 6.45) is 9.41. The Bertz CT molecular complexity index is 1190. The molecule has 170 valence electrons. The van der Waals surface area contributed by atoms with E-state index in [1.54, 1.807) is 6.07 Å². The molecule has 0 amide bonds. The second-order valence-electron chi connectivity index (χ2n) is 9.17. The van der Waals surface area contributed by atoms with Gasteiger partial charge in [0.1, 0.15) is 5.75 Å². The molecule has 3 aliphatic rings. The summed E-state index contributed by atoms with van der Waals surface area (Å²) < 4.78 is 0. The van der Waals surface area contributed by atoms with E-state index in [9.17, 15) is 5.11 Å². The number of aromatic hydroxyl groups is 1. The molecule has 2 aromatic heterocycles. The van der Waals surface area contributed by atoms with Crippen LogP contribution in [-0.4, -0.2) is 39.7 Å². The number of piperidine rings is 1. The van der Waals surface area contributed by atoms with Gasteiger partial charge in [0, 0.05) is 42.2 Å². The number of hydrogen-bond donors (Lipinski definition) is 5. The first-order chi connectivity index (χ1) is 16.2. The summed E-state index contributed by atoms with van der Waals surface area (Å²) in [7, 11) is 0. The van der Waals surface area contributed by atoms with Gasteiger partial charge in [-0.2, -0.15) is 5.43 Å². The smallest absolute Gasteiger partial charge is 0.234 e. The molecule has 3 aromatic rings. The maximum Gasteiger partial charge on any atom is 0.234 e. The van der Waals surface area contributed by atoms with E-state index in [0.29, 0.717) is 5.92 Å². The van der Waals surface area contributed by atoms with Crippen LogP contribution >= 0.6 is 0 Å². The predicted octanol–water partition coefficient (Wildman–Crippen LogP) is 2.31. The second-order valence-corrected chi connectivity index (χ2v) is 9.17. The van der Waals surface area contributed by atoms with Crippen LogP contribution in [0.15, 0.2) is 36.7 Å². The number of anilines is 1. The molecule has 0 aliphatic carbocycles. The molecule has 1 atom stereocenters. The molecule has 5 heterocycles. The van der Waals surface area contributed by atoms with Crippen molar-refractivity contribution in [2.75, 3.05) is 24.5 Å². The third-order valence-corrected chi connectivity index (χ3v) is 7.26. The first kappa shape index (κ1) is 20.3. The summed E-state index contributed by atoms with van der Waals surface area (Å²) in [5.74, 6) is 2.71. The third-order valence-electron chi connectivity index (χ3n) is 7.26. The topological polar surface area (TPSA) is 106 Å². The van der Waals surface area contributed by atoms with Gasteiger partial charge in [0.2, 0.25) is 11.8 Å². The average molecular weight is 445 g/mol. The summed E-state index contributed by atoms with van der Waals surface area (Å²) in [4.78, 5) is 15.5. The van der Waals surface area contributed by atoms with Gasteiger partial charge in [0.05, 0.1) is 17.3 Å². The quantitative estimate of drug-likeness (QED) is 0.397. The Morgan fingerprint density at radius 2 is 1.91 bits per heavy atom. The molecule has 0 bridgehead atoms. The number of rotatable bonds is 3. The van der Waals surface area contributed by atoms with E-state index in [1.165, 1.54) is 22.4 Å². The molecule has 33 heavy (non-hydrogen) atoms. The zero-order valence-corrected chi connectivity index (χ0v) is 18.8. The fourth-order valence-corrected chi connectivity index (χ4v) is 5.44. The standard InChI is InChI=1S/C25H29N7O/c1-15-23-19-12-21(18-4-2-3-5-22(18)33)30-31-24(19)29-20(23)8-11-32(15)25-27-13-17(14-28-25)16-6-9-26-10-7-16/h2-5,12-16,26,29-31,33H,6-11H2,1H3/p+1/t15-/m1/s1. The van der Waals surface area contributed by atoms with Crippen molar-refractivity contribution in [3.8, 4) is 5.75 Å². The van der Waals surface area contributed by atoms with Gasteiger partial charge < -0.3 is 20.3 Å². The van der Waals surface area contributed by atoms with Crippen LogP contribution in [0.4, 0.5) is 11.8 Å². The molecular formula is C25H30N7O+. The zero-order chi connectivity index (χ0) is 22.4. The number of aromatic nitrogens is 3. The van der Waals surface area contributed by atoms with Gasteiger partial charge in [-0.1, -0.05) is 12.1 Å². The van der Waals surface area contributed by atoms with Gasteiger partial charge in [0.25, 0.3) is 0 Å². The zero-order valence-electron chi connectivity index (χ0n) is 18.8. The third kappa shape index (κ3) is 3.55. The van der Waals surface area contributed by atoms with Gasteiger partial charge in [-0.3, -0.25) is 0 Å². The molecule has 6 N–H and O–H groups in total. The molecule has 0 spiro atoms. The van der Waals surface area contributed by atoms with Crippen molar-refractivity contribution >= 4 is 23.5 Å². The number of nitrogens with one attached hydrogen (secondary N) is 3.